The monoisotopic (exact) mass is 463 g/mol. The largest absolute Gasteiger partial charge is 0.385 e. The van der Waals surface area contributed by atoms with Crippen LogP contribution < -0.4 is 5.69 Å². The molecule has 0 aliphatic carbocycles. The second-order valence-corrected chi connectivity index (χ2v) is 8.83. The van der Waals surface area contributed by atoms with Gasteiger partial charge in [-0.15, -0.1) is 0 Å². The number of hydrogen-bond acceptors (Lipinski definition) is 3. The number of imidazole rings is 1. The van der Waals surface area contributed by atoms with Crippen molar-refractivity contribution in [3.05, 3.63) is 68.0 Å². The molecule has 1 fully saturated rings. The fourth-order valence-electron chi connectivity index (χ4n) is 4.01. The SMILES string of the molecule is O=c1[nH]c2cc(Br)ccc2n1CCCN1CCC(O)(c2ccc(Cl)cc2)CC1. The topological polar surface area (TPSA) is 61.3 Å². The fraction of sp³-hybridized carbons (Fsp3) is 0.381. The van der Waals surface area contributed by atoms with Crippen LogP contribution in [0.5, 0.6) is 0 Å². The van der Waals surface area contributed by atoms with Gasteiger partial charge in [0.15, 0.2) is 0 Å². The van der Waals surface area contributed by atoms with Gasteiger partial charge in [-0.25, -0.2) is 4.79 Å². The van der Waals surface area contributed by atoms with E-state index in [4.69, 9.17) is 11.6 Å². The van der Waals surface area contributed by atoms with Crippen LogP contribution in [-0.4, -0.2) is 39.2 Å². The number of aliphatic hydroxyl groups is 1. The molecule has 0 saturated carbocycles. The molecule has 1 saturated heterocycles. The molecule has 0 amide bonds. The molecule has 2 heterocycles. The normalized spacial score (nSPS) is 17.2. The van der Waals surface area contributed by atoms with Gasteiger partial charge in [-0.05, 0) is 61.7 Å². The molecular weight excluding hydrogens is 442 g/mol. The number of likely N-dealkylation sites (tertiary alicyclic amines) is 1. The van der Waals surface area contributed by atoms with E-state index in [-0.39, 0.29) is 5.69 Å². The summed E-state index contributed by atoms with van der Waals surface area (Å²) in [7, 11) is 0. The number of aromatic amines is 1. The lowest BCUT2D eigenvalue weighted by atomic mass is 9.84. The van der Waals surface area contributed by atoms with E-state index in [1.54, 1.807) is 4.57 Å². The van der Waals surface area contributed by atoms with E-state index in [1.165, 1.54) is 0 Å². The highest BCUT2D eigenvalue weighted by atomic mass is 79.9. The Morgan fingerprint density at radius 3 is 2.54 bits per heavy atom. The van der Waals surface area contributed by atoms with Gasteiger partial charge in [0, 0.05) is 29.1 Å². The van der Waals surface area contributed by atoms with Crippen LogP contribution in [0.2, 0.25) is 5.02 Å². The first-order chi connectivity index (χ1) is 13.4. The third-order valence-corrected chi connectivity index (χ3v) is 6.40. The molecule has 4 rings (SSSR count). The van der Waals surface area contributed by atoms with Gasteiger partial charge in [0.05, 0.1) is 16.6 Å². The van der Waals surface area contributed by atoms with Gasteiger partial charge in [0.1, 0.15) is 0 Å². The lowest BCUT2D eigenvalue weighted by molar-refractivity contribution is -0.0261. The summed E-state index contributed by atoms with van der Waals surface area (Å²) in [5.74, 6) is 0. The molecule has 1 aliphatic rings. The molecule has 0 spiro atoms. The predicted octanol–water partition coefficient (Wildman–Crippen LogP) is 4.12. The van der Waals surface area contributed by atoms with Crippen LogP contribution in [0.15, 0.2) is 51.7 Å². The van der Waals surface area contributed by atoms with Gasteiger partial charge in [0.25, 0.3) is 0 Å². The maximum atomic E-state index is 12.2. The Bertz CT molecular complexity index is 1020. The van der Waals surface area contributed by atoms with Gasteiger partial charge in [-0.1, -0.05) is 39.7 Å². The maximum Gasteiger partial charge on any atom is 0.326 e. The minimum atomic E-state index is -0.776. The number of benzene rings is 2. The summed E-state index contributed by atoms with van der Waals surface area (Å²) >= 11 is 9.39. The number of piperidine rings is 1. The number of nitrogens with zero attached hydrogens (tertiary/aromatic N) is 2. The van der Waals surface area contributed by atoms with Crippen LogP contribution in [0.1, 0.15) is 24.8 Å². The van der Waals surface area contributed by atoms with Crippen molar-refractivity contribution in [2.45, 2.75) is 31.4 Å². The van der Waals surface area contributed by atoms with Crippen molar-refractivity contribution in [1.82, 2.24) is 14.5 Å². The molecule has 3 aromatic rings. The highest BCUT2D eigenvalue weighted by molar-refractivity contribution is 9.10. The van der Waals surface area contributed by atoms with Crippen molar-refractivity contribution in [2.24, 2.45) is 0 Å². The Balaban J connectivity index is 1.33. The summed E-state index contributed by atoms with van der Waals surface area (Å²) in [6.45, 7) is 3.27. The molecule has 5 nitrogen and oxygen atoms in total. The Hall–Kier alpha value is -1.60. The smallest absolute Gasteiger partial charge is 0.326 e. The fourth-order valence-corrected chi connectivity index (χ4v) is 4.49. The quantitative estimate of drug-likeness (QED) is 0.597. The summed E-state index contributed by atoms with van der Waals surface area (Å²) in [6.07, 6.45) is 2.30. The first-order valence-electron chi connectivity index (χ1n) is 9.53. The van der Waals surface area contributed by atoms with Crippen LogP contribution in [0.25, 0.3) is 11.0 Å². The van der Waals surface area contributed by atoms with E-state index in [9.17, 15) is 9.90 Å². The van der Waals surface area contributed by atoms with Crippen LogP contribution in [-0.2, 0) is 12.1 Å². The Kier molecular flexibility index (Phi) is 5.65. The van der Waals surface area contributed by atoms with Crippen molar-refractivity contribution in [3.63, 3.8) is 0 Å². The van der Waals surface area contributed by atoms with Crippen LogP contribution in [0.4, 0.5) is 0 Å². The zero-order valence-electron chi connectivity index (χ0n) is 15.5. The Morgan fingerprint density at radius 2 is 1.82 bits per heavy atom. The molecule has 0 radical (unpaired) electrons. The van der Waals surface area contributed by atoms with Crippen molar-refractivity contribution < 1.29 is 5.11 Å². The zero-order chi connectivity index (χ0) is 19.7. The van der Waals surface area contributed by atoms with Crippen LogP contribution >= 0.6 is 27.5 Å². The van der Waals surface area contributed by atoms with E-state index in [1.807, 2.05) is 42.5 Å². The molecule has 0 bridgehead atoms. The van der Waals surface area contributed by atoms with Crippen molar-refractivity contribution in [3.8, 4) is 0 Å². The summed E-state index contributed by atoms with van der Waals surface area (Å²) in [4.78, 5) is 17.5. The number of aromatic nitrogens is 2. The molecule has 0 unspecified atom stereocenters. The second-order valence-electron chi connectivity index (χ2n) is 7.48. The van der Waals surface area contributed by atoms with Gasteiger partial charge in [-0.3, -0.25) is 4.57 Å². The number of rotatable bonds is 5. The minimum Gasteiger partial charge on any atom is -0.385 e. The van der Waals surface area contributed by atoms with Crippen molar-refractivity contribution in [2.75, 3.05) is 19.6 Å². The number of H-pyrrole nitrogens is 1. The predicted molar refractivity (Wildman–Crippen MR) is 116 cm³/mol. The zero-order valence-corrected chi connectivity index (χ0v) is 17.8. The molecule has 28 heavy (non-hydrogen) atoms. The minimum absolute atomic E-state index is 0.0659. The molecule has 7 heteroatoms. The highest BCUT2D eigenvalue weighted by Gasteiger charge is 2.33. The maximum absolute atomic E-state index is 12.2. The molecule has 1 aliphatic heterocycles. The standard InChI is InChI=1S/C21H23BrClN3O2/c22-16-4-7-19-18(14-16)24-20(27)26(19)11-1-10-25-12-8-21(28,9-13-25)15-2-5-17(23)6-3-15/h2-7,14,28H,1,8-13H2,(H,24,27). The second kappa shape index (κ2) is 8.03. The average Bonchev–Trinajstić information content (AvgIpc) is 2.98. The van der Waals surface area contributed by atoms with Gasteiger partial charge in [0.2, 0.25) is 0 Å². The lowest BCUT2D eigenvalue weighted by Gasteiger charge is -2.38. The molecule has 1 aromatic heterocycles. The summed E-state index contributed by atoms with van der Waals surface area (Å²) in [6, 6.07) is 13.3. The van der Waals surface area contributed by atoms with Crippen molar-refractivity contribution >= 4 is 38.6 Å². The number of nitrogens with one attached hydrogen (secondary N) is 1. The molecular formula is C21H23BrClN3O2. The summed E-state index contributed by atoms with van der Waals surface area (Å²) in [5, 5.41) is 11.7. The lowest BCUT2D eigenvalue weighted by Crippen LogP contribution is -2.43. The number of aryl methyl sites for hydroxylation is 1. The first-order valence-corrected chi connectivity index (χ1v) is 10.7. The van der Waals surface area contributed by atoms with Gasteiger partial charge in [-0.2, -0.15) is 0 Å². The molecule has 148 valence electrons. The van der Waals surface area contributed by atoms with Gasteiger partial charge < -0.3 is 15.0 Å². The van der Waals surface area contributed by atoms with Gasteiger partial charge >= 0.3 is 5.69 Å². The number of halogens is 2. The Labute approximate surface area is 177 Å². The number of hydrogen-bond donors (Lipinski definition) is 2. The summed E-state index contributed by atoms with van der Waals surface area (Å²) < 4.78 is 2.75. The average molecular weight is 465 g/mol. The molecule has 2 aromatic carbocycles. The van der Waals surface area contributed by atoms with E-state index < -0.39 is 5.60 Å². The highest BCUT2D eigenvalue weighted by Crippen LogP contribution is 2.33. The van der Waals surface area contributed by atoms with E-state index >= 15 is 0 Å². The van der Waals surface area contributed by atoms with E-state index in [0.717, 1.165) is 47.1 Å². The summed E-state index contributed by atoms with van der Waals surface area (Å²) in [5.41, 5.74) is 1.88. The molecule has 2 N–H and O–H groups in total. The first kappa shape index (κ1) is 19.7. The van der Waals surface area contributed by atoms with Crippen LogP contribution in [0.3, 0.4) is 0 Å². The third-order valence-electron chi connectivity index (χ3n) is 5.66. The molecule has 0 atom stereocenters. The van der Waals surface area contributed by atoms with Crippen LogP contribution in [0, 0.1) is 0 Å². The van der Waals surface area contributed by atoms with E-state index in [0.29, 0.717) is 24.4 Å². The van der Waals surface area contributed by atoms with Crippen molar-refractivity contribution in [1.29, 1.82) is 0 Å². The van der Waals surface area contributed by atoms with E-state index in [2.05, 4.69) is 25.8 Å². The Morgan fingerprint density at radius 1 is 1.11 bits per heavy atom. The number of fused-ring (bicyclic) bond motifs is 1. The third kappa shape index (κ3) is 4.06.